The van der Waals surface area contributed by atoms with Crippen LogP contribution in [0.2, 0.25) is 5.02 Å². The summed E-state index contributed by atoms with van der Waals surface area (Å²) in [5, 5.41) is 3.81. The standard InChI is InChI=1S/C22H18ClNS2/c23-19-11-13-21(14-12-19)25-16-15-22(24-20-9-5-2-6-10-20)26-17-18-7-3-1-4-8-18/h1-16H,17H2. The van der Waals surface area contributed by atoms with Crippen LogP contribution in [-0.2, 0) is 5.75 Å². The van der Waals surface area contributed by atoms with Gasteiger partial charge < -0.3 is 0 Å². The maximum Gasteiger partial charge on any atom is 0.0975 e. The van der Waals surface area contributed by atoms with E-state index in [1.165, 1.54) is 5.56 Å². The van der Waals surface area contributed by atoms with Crippen LogP contribution in [0.25, 0.3) is 0 Å². The first-order chi connectivity index (χ1) is 12.8. The lowest BCUT2D eigenvalue weighted by Crippen LogP contribution is -1.88. The van der Waals surface area contributed by atoms with Gasteiger partial charge in [0.05, 0.1) is 10.7 Å². The highest BCUT2D eigenvalue weighted by Gasteiger charge is 2.00. The molecule has 0 unspecified atom stereocenters. The van der Waals surface area contributed by atoms with Gasteiger partial charge in [-0.3, -0.25) is 0 Å². The average Bonchev–Trinajstić information content (AvgIpc) is 2.69. The van der Waals surface area contributed by atoms with Crippen LogP contribution in [0, 0.1) is 0 Å². The molecule has 0 aliphatic rings. The number of aliphatic imine (C=N–C) groups is 1. The van der Waals surface area contributed by atoms with Crippen molar-refractivity contribution in [3.05, 3.63) is 107 Å². The molecule has 0 heterocycles. The van der Waals surface area contributed by atoms with E-state index in [-0.39, 0.29) is 0 Å². The van der Waals surface area contributed by atoms with Crippen LogP contribution in [0.1, 0.15) is 5.56 Å². The Balaban J connectivity index is 1.70. The van der Waals surface area contributed by atoms with Gasteiger partial charge in [0, 0.05) is 15.7 Å². The van der Waals surface area contributed by atoms with Gasteiger partial charge in [-0.2, -0.15) is 0 Å². The van der Waals surface area contributed by atoms with Crippen molar-refractivity contribution in [1.29, 1.82) is 0 Å². The second kappa shape index (κ2) is 10.3. The molecule has 4 heteroatoms. The summed E-state index contributed by atoms with van der Waals surface area (Å²) in [6, 6.07) is 28.3. The zero-order chi connectivity index (χ0) is 18.0. The second-order valence-electron chi connectivity index (χ2n) is 5.43. The van der Waals surface area contributed by atoms with Crippen molar-refractivity contribution in [3.63, 3.8) is 0 Å². The molecule has 3 rings (SSSR count). The molecule has 0 N–H and O–H groups in total. The molecule has 130 valence electrons. The fraction of sp³-hybridized carbons (Fsp3) is 0.0455. The molecule has 0 aliphatic heterocycles. The molecule has 0 saturated heterocycles. The van der Waals surface area contributed by atoms with Crippen molar-refractivity contribution >= 4 is 45.9 Å². The van der Waals surface area contributed by atoms with E-state index in [2.05, 4.69) is 35.7 Å². The number of thioether (sulfide) groups is 2. The van der Waals surface area contributed by atoms with Crippen LogP contribution < -0.4 is 0 Å². The van der Waals surface area contributed by atoms with Gasteiger partial charge in [0.1, 0.15) is 0 Å². The van der Waals surface area contributed by atoms with E-state index < -0.39 is 0 Å². The number of hydrogen-bond acceptors (Lipinski definition) is 3. The zero-order valence-electron chi connectivity index (χ0n) is 14.1. The Hall–Kier alpha value is -1.94. The molecule has 1 nitrogen and oxygen atoms in total. The number of benzene rings is 3. The highest BCUT2D eigenvalue weighted by Crippen LogP contribution is 2.24. The Morgan fingerprint density at radius 3 is 2.19 bits per heavy atom. The van der Waals surface area contributed by atoms with E-state index in [4.69, 9.17) is 16.6 Å². The predicted octanol–water partition coefficient (Wildman–Crippen LogP) is 7.61. The highest BCUT2D eigenvalue weighted by atomic mass is 35.5. The number of hydrogen-bond donors (Lipinski definition) is 0. The van der Waals surface area contributed by atoms with Gasteiger partial charge in [0.2, 0.25) is 0 Å². The fourth-order valence-corrected chi connectivity index (χ4v) is 3.86. The summed E-state index contributed by atoms with van der Waals surface area (Å²) in [5.74, 6) is 0.891. The highest BCUT2D eigenvalue weighted by molar-refractivity contribution is 8.13. The lowest BCUT2D eigenvalue weighted by Gasteiger charge is -2.03. The maximum absolute atomic E-state index is 5.94. The number of rotatable bonds is 6. The van der Waals surface area contributed by atoms with Crippen molar-refractivity contribution in [2.45, 2.75) is 10.6 Å². The maximum atomic E-state index is 5.94. The van der Waals surface area contributed by atoms with Gasteiger partial charge in [-0.25, -0.2) is 4.99 Å². The molecular weight excluding hydrogens is 378 g/mol. The Labute approximate surface area is 168 Å². The van der Waals surface area contributed by atoms with Crippen LogP contribution in [-0.4, -0.2) is 5.04 Å². The number of halogens is 1. The molecule has 3 aromatic carbocycles. The SMILES string of the molecule is Clc1ccc(SC=CC(=Nc2ccccc2)SCc2ccccc2)cc1. The van der Waals surface area contributed by atoms with Crippen molar-refractivity contribution in [3.8, 4) is 0 Å². The van der Waals surface area contributed by atoms with E-state index in [9.17, 15) is 0 Å². The quantitative estimate of drug-likeness (QED) is 0.242. The summed E-state index contributed by atoms with van der Waals surface area (Å²) in [4.78, 5) is 5.93. The third-order valence-corrected chi connectivity index (χ3v) is 5.52. The lowest BCUT2D eigenvalue weighted by atomic mass is 10.2. The molecule has 0 atom stereocenters. The molecule has 0 fully saturated rings. The molecule has 0 aliphatic carbocycles. The molecule has 0 amide bonds. The minimum Gasteiger partial charge on any atom is -0.242 e. The minimum absolute atomic E-state index is 0.753. The van der Waals surface area contributed by atoms with Crippen LogP contribution in [0.4, 0.5) is 5.69 Å². The molecule has 0 saturated carbocycles. The van der Waals surface area contributed by atoms with Gasteiger partial charge in [-0.1, -0.05) is 71.9 Å². The molecular formula is C22H18ClNS2. The van der Waals surface area contributed by atoms with Crippen molar-refractivity contribution in [1.82, 2.24) is 0 Å². The fourth-order valence-electron chi connectivity index (χ4n) is 2.16. The van der Waals surface area contributed by atoms with Gasteiger partial charge in [-0.05, 0) is 53.4 Å². The first-order valence-electron chi connectivity index (χ1n) is 8.19. The van der Waals surface area contributed by atoms with E-state index >= 15 is 0 Å². The van der Waals surface area contributed by atoms with E-state index in [0.717, 1.165) is 26.4 Å². The van der Waals surface area contributed by atoms with Crippen molar-refractivity contribution in [2.75, 3.05) is 0 Å². The van der Waals surface area contributed by atoms with Crippen molar-refractivity contribution in [2.24, 2.45) is 4.99 Å². The molecule has 0 aromatic heterocycles. The predicted molar refractivity (Wildman–Crippen MR) is 118 cm³/mol. The Bertz CT molecular complexity index is 860. The van der Waals surface area contributed by atoms with Crippen molar-refractivity contribution < 1.29 is 0 Å². The molecule has 3 aromatic rings. The van der Waals surface area contributed by atoms with E-state index in [0.29, 0.717) is 0 Å². The van der Waals surface area contributed by atoms with E-state index in [1.807, 2.05) is 60.7 Å². The summed E-state index contributed by atoms with van der Waals surface area (Å²) >= 11 is 9.33. The van der Waals surface area contributed by atoms with Crippen LogP contribution in [0.15, 0.2) is 106 Å². The first-order valence-corrected chi connectivity index (χ1v) is 10.4. The Kier molecular flexibility index (Phi) is 7.44. The van der Waals surface area contributed by atoms with Gasteiger partial charge in [-0.15, -0.1) is 11.8 Å². The van der Waals surface area contributed by atoms with Gasteiger partial charge >= 0.3 is 0 Å². The summed E-state index contributed by atoms with van der Waals surface area (Å²) in [6.07, 6.45) is 2.07. The Morgan fingerprint density at radius 2 is 1.50 bits per heavy atom. The summed E-state index contributed by atoms with van der Waals surface area (Å²) in [7, 11) is 0. The lowest BCUT2D eigenvalue weighted by molar-refractivity contribution is 1.42. The molecule has 26 heavy (non-hydrogen) atoms. The molecule has 0 spiro atoms. The minimum atomic E-state index is 0.753. The largest absolute Gasteiger partial charge is 0.242 e. The first kappa shape index (κ1) is 18.8. The Morgan fingerprint density at radius 1 is 0.846 bits per heavy atom. The average molecular weight is 396 g/mol. The smallest absolute Gasteiger partial charge is 0.0975 e. The second-order valence-corrected chi connectivity index (χ2v) is 7.85. The normalized spacial score (nSPS) is 11.8. The third-order valence-electron chi connectivity index (χ3n) is 3.45. The van der Waals surface area contributed by atoms with Gasteiger partial charge in [0.15, 0.2) is 0 Å². The molecule has 0 radical (unpaired) electrons. The van der Waals surface area contributed by atoms with Crippen LogP contribution in [0.5, 0.6) is 0 Å². The van der Waals surface area contributed by atoms with Crippen LogP contribution in [0.3, 0.4) is 0 Å². The van der Waals surface area contributed by atoms with Gasteiger partial charge in [0.25, 0.3) is 0 Å². The monoisotopic (exact) mass is 395 g/mol. The summed E-state index contributed by atoms with van der Waals surface area (Å²) < 4.78 is 0. The van der Waals surface area contributed by atoms with Crippen LogP contribution >= 0.6 is 35.1 Å². The molecule has 0 bridgehead atoms. The topological polar surface area (TPSA) is 12.4 Å². The third kappa shape index (κ3) is 6.41. The summed E-state index contributed by atoms with van der Waals surface area (Å²) in [5.41, 5.74) is 2.25. The zero-order valence-corrected chi connectivity index (χ0v) is 16.5. The number of para-hydroxylation sites is 1. The number of nitrogens with zero attached hydrogens (tertiary/aromatic N) is 1. The summed E-state index contributed by atoms with van der Waals surface area (Å²) in [6.45, 7) is 0. The van der Waals surface area contributed by atoms with E-state index in [1.54, 1.807) is 23.5 Å².